The van der Waals surface area contributed by atoms with E-state index in [9.17, 15) is 9.59 Å². The number of rotatable bonds is 9. The number of hydrogen-bond acceptors (Lipinski definition) is 6. The molecule has 0 aliphatic carbocycles. The van der Waals surface area contributed by atoms with Gasteiger partial charge in [0.15, 0.2) is 0 Å². The third-order valence-electron chi connectivity index (χ3n) is 2.47. The highest BCUT2D eigenvalue weighted by atomic mass is 32.2. The summed E-state index contributed by atoms with van der Waals surface area (Å²) >= 11 is 6.13. The van der Waals surface area contributed by atoms with Gasteiger partial charge in [0.2, 0.25) is 10.2 Å². The average molecular weight is 351 g/mol. The number of thioether (sulfide) groups is 4. The summed E-state index contributed by atoms with van der Waals surface area (Å²) in [4.78, 5) is 23.2. The molecule has 0 saturated heterocycles. The molecule has 2 nitrogen and oxygen atoms in total. The summed E-state index contributed by atoms with van der Waals surface area (Å²) in [7, 11) is 0. The van der Waals surface area contributed by atoms with Crippen molar-refractivity contribution >= 4 is 57.3 Å². The molecule has 0 amide bonds. The van der Waals surface area contributed by atoms with E-state index in [0.717, 1.165) is 11.5 Å². The van der Waals surface area contributed by atoms with E-state index in [4.69, 9.17) is 0 Å². The van der Waals surface area contributed by atoms with Crippen molar-refractivity contribution in [1.82, 2.24) is 0 Å². The van der Waals surface area contributed by atoms with Crippen LogP contribution in [0.1, 0.15) is 13.8 Å². The second kappa shape index (κ2) is 10.9. The molecule has 0 aromatic carbocycles. The van der Waals surface area contributed by atoms with E-state index in [1.54, 1.807) is 37.4 Å². The Morgan fingerprint density at radius 3 is 1.35 bits per heavy atom. The van der Waals surface area contributed by atoms with Crippen molar-refractivity contribution in [3.63, 3.8) is 0 Å². The van der Waals surface area contributed by atoms with Crippen molar-refractivity contribution in [1.29, 1.82) is 0 Å². The van der Waals surface area contributed by atoms with Gasteiger partial charge in [-0.1, -0.05) is 36.7 Å². The van der Waals surface area contributed by atoms with Gasteiger partial charge in [-0.15, -0.1) is 0 Å². The fourth-order valence-corrected chi connectivity index (χ4v) is 6.01. The van der Waals surface area contributed by atoms with Crippen LogP contribution < -0.4 is 0 Å². The fraction of sp³-hybridized carbons (Fsp3) is 0.571. The first-order chi connectivity index (χ1) is 9.33. The van der Waals surface area contributed by atoms with Gasteiger partial charge in [0.25, 0.3) is 0 Å². The lowest BCUT2D eigenvalue weighted by Crippen LogP contribution is -2.26. The molecule has 2 atom stereocenters. The highest BCUT2D eigenvalue weighted by molar-refractivity contribution is 8.15. The molecule has 0 radical (unpaired) electrons. The maximum absolute atomic E-state index is 11.6. The number of carbonyl (C=O) groups excluding carboxylic acids is 2. The standard InChI is InChI=1S/C14H22O2S4/c1-9(2)13(15)19-7-11(17-5)12(18-6)8-20-14(16)10(3)4/h11-12H,1,3,7-8H2,2,4-6H3. The average Bonchev–Trinajstić information content (AvgIpc) is 2.41. The molecule has 20 heavy (non-hydrogen) atoms. The van der Waals surface area contributed by atoms with E-state index >= 15 is 0 Å². The largest absolute Gasteiger partial charge is 0.282 e. The number of carbonyl (C=O) groups is 2. The Hall–Kier alpha value is 0.220. The lowest BCUT2D eigenvalue weighted by molar-refractivity contribution is -0.108. The Kier molecular flexibility index (Phi) is 11.0. The molecule has 0 aliphatic heterocycles. The van der Waals surface area contributed by atoms with E-state index in [2.05, 4.69) is 13.2 Å². The van der Waals surface area contributed by atoms with Crippen LogP contribution in [0, 0.1) is 0 Å². The zero-order valence-corrected chi connectivity index (χ0v) is 15.7. The Bertz CT molecular complexity index is 343. The molecule has 0 N–H and O–H groups in total. The van der Waals surface area contributed by atoms with Gasteiger partial charge in [-0.2, -0.15) is 23.5 Å². The molecule has 0 rings (SSSR count). The van der Waals surface area contributed by atoms with Crippen molar-refractivity contribution in [2.24, 2.45) is 0 Å². The molecule has 0 aromatic rings. The van der Waals surface area contributed by atoms with Gasteiger partial charge in [0.05, 0.1) is 0 Å². The number of hydrogen-bond donors (Lipinski definition) is 0. The molecule has 114 valence electrons. The summed E-state index contributed by atoms with van der Waals surface area (Å²) in [5.74, 6) is 1.50. The van der Waals surface area contributed by atoms with E-state index in [0.29, 0.717) is 21.6 Å². The SMILES string of the molecule is C=C(C)C(=O)SCC(SC)C(CSC(=O)C(=C)C)SC. The molecule has 0 aromatic heterocycles. The van der Waals surface area contributed by atoms with E-state index in [-0.39, 0.29) is 10.2 Å². The lowest BCUT2D eigenvalue weighted by Gasteiger charge is -2.23. The summed E-state index contributed by atoms with van der Waals surface area (Å²) in [6.45, 7) is 10.8. The van der Waals surface area contributed by atoms with Crippen molar-refractivity contribution < 1.29 is 9.59 Å². The Labute approximate surface area is 139 Å². The van der Waals surface area contributed by atoms with E-state index < -0.39 is 0 Å². The topological polar surface area (TPSA) is 34.1 Å². The predicted molar refractivity (Wildman–Crippen MR) is 99.2 cm³/mol. The van der Waals surface area contributed by atoms with Crippen LogP contribution in [0.15, 0.2) is 24.3 Å². The highest BCUT2D eigenvalue weighted by Gasteiger charge is 2.22. The second-order valence-corrected chi connectivity index (χ2v) is 8.45. The smallest absolute Gasteiger partial charge is 0.214 e. The minimum atomic E-state index is 0.0505. The van der Waals surface area contributed by atoms with Gasteiger partial charge in [-0.25, -0.2) is 0 Å². The van der Waals surface area contributed by atoms with Gasteiger partial charge in [-0.3, -0.25) is 9.59 Å². The summed E-state index contributed by atoms with van der Waals surface area (Å²) < 4.78 is 0. The van der Waals surface area contributed by atoms with Crippen molar-refractivity contribution in [2.45, 2.75) is 24.3 Å². The lowest BCUT2D eigenvalue weighted by atomic mass is 10.3. The molecular weight excluding hydrogens is 328 g/mol. The minimum absolute atomic E-state index is 0.0505. The van der Waals surface area contributed by atoms with Crippen molar-refractivity contribution in [2.75, 3.05) is 24.0 Å². The van der Waals surface area contributed by atoms with Crippen molar-refractivity contribution in [3.8, 4) is 0 Å². The maximum atomic E-state index is 11.6. The van der Waals surface area contributed by atoms with Crippen LogP contribution in [-0.4, -0.2) is 44.7 Å². The molecule has 0 fully saturated rings. The second-order valence-electron chi connectivity index (χ2n) is 4.31. The zero-order chi connectivity index (χ0) is 15.7. The Morgan fingerprint density at radius 2 is 1.15 bits per heavy atom. The summed E-state index contributed by atoms with van der Waals surface area (Å²) in [5, 5.41) is 0.775. The molecule has 2 unspecified atom stereocenters. The summed E-state index contributed by atoms with van der Waals surface area (Å²) in [6, 6.07) is 0. The summed E-state index contributed by atoms with van der Waals surface area (Å²) in [5.41, 5.74) is 1.17. The molecule has 0 spiro atoms. The van der Waals surface area contributed by atoms with Crippen LogP contribution in [-0.2, 0) is 9.59 Å². The van der Waals surface area contributed by atoms with E-state index in [1.807, 2.05) is 12.5 Å². The van der Waals surface area contributed by atoms with Gasteiger partial charge in [0.1, 0.15) is 0 Å². The fourth-order valence-electron chi connectivity index (χ4n) is 1.22. The first-order valence-corrected chi connectivity index (χ1v) is 10.6. The highest BCUT2D eigenvalue weighted by Crippen LogP contribution is 2.29. The monoisotopic (exact) mass is 350 g/mol. The minimum Gasteiger partial charge on any atom is -0.282 e. The van der Waals surface area contributed by atoms with Crippen LogP contribution in [0.3, 0.4) is 0 Å². The van der Waals surface area contributed by atoms with Crippen LogP contribution in [0.25, 0.3) is 0 Å². The van der Waals surface area contributed by atoms with Crippen LogP contribution in [0.4, 0.5) is 0 Å². The van der Waals surface area contributed by atoms with Crippen LogP contribution in [0.2, 0.25) is 0 Å². The Morgan fingerprint density at radius 1 is 0.850 bits per heavy atom. The third-order valence-corrected chi connectivity index (χ3v) is 7.54. The predicted octanol–water partition coefficient (Wildman–Crippen LogP) is 4.12. The van der Waals surface area contributed by atoms with Gasteiger partial charge in [-0.05, 0) is 37.5 Å². The Balaban J connectivity index is 4.42. The van der Waals surface area contributed by atoms with Gasteiger partial charge in [0, 0.05) is 22.0 Å². The van der Waals surface area contributed by atoms with Crippen LogP contribution in [0.5, 0.6) is 0 Å². The van der Waals surface area contributed by atoms with Gasteiger partial charge >= 0.3 is 0 Å². The van der Waals surface area contributed by atoms with Gasteiger partial charge < -0.3 is 0 Å². The molecular formula is C14H22O2S4. The third kappa shape index (κ3) is 7.86. The molecule has 6 heteroatoms. The first-order valence-electron chi connectivity index (χ1n) is 6.04. The maximum Gasteiger partial charge on any atom is 0.214 e. The summed E-state index contributed by atoms with van der Waals surface area (Å²) in [6.07, 6.45) is 4.09. The zero-order valence-electron chi connectivity index (χ0n) is 12.4. The quantitative estimate of drug-likeness (QED) is 0.582. The van der Waals surface area contributed by atoms with Crippen LogP contribution >= 0.6 is 47.0 Å². The normalized spacial score (nSPS) is 13.6. The molecule has 0 bridgehead atoms. The van der Waals surface area contributed by atoms with E-state index in [1.165, 1.54) is 23.5 Å². The van der Waals surface area contributed by atoms with Crippen molar-refractivity contribution in [3.05, 3.63) is 24.3 Å². The first kappa shape index (κ1) is 20.2. The molecule has 0 aliphatic rings. The molecule has 0 saturated carbocycles. The molecule has 0 heterocycles.